The van der Waals surface area contributed by atoms with Crippen molar-refractivity contribution < 1.29 is 33.7 Å². The summed E-state index contributed by atoms with van der Waals surface area (Å²) in [5.74, 6) is -1.56. The zero-order valence-electron chi connectivity index (χ0n) is 13.4. The largest absolute Gasteiger partial charge is 0.490 e. The van der Waals surface area contributed by atoms with Gasteiger partial charge in [-0.3, -0.25) is 0 Å². The van der Waals surface area contributed by atoms with E-state index in [-0.39, 0.29) is 18.8 Å². The van der Waals surface area contributed by atoms with E-state index in [0.29, 0.717) is 16.9 Å². The summed E-state index contributed by atoms with van der Waals surface area (Å²) < 4.78 is 15.0. The van der Waals surface area contributed by atoms with Gasteiger partial charge in [0, 0.05) is 0 Å². The fourth-order valence-corrected chi connectivity index (χ4v) is 1.93. The van der Waals surface area contributed by atoms with Crippen molar-refractivity contribution in [3.8, 4) is 5.75 Å². The molecule has 0 saturated heterocycles. The molecule has 7 nitrogen and oxygen atoms in total. The van der Waals surface area contributed by atoms with Gasteiger partial charge >= 0.3 is 17.9 Å². The normalized spacial score (nSPS) is 9.96. The molecule has 0 unspecified atom stereocenters. The maximum absolute atomic E-state index is 11.9. The molecule has 0 heterocycles. The SMILES string of the molecule is COC(=O)c1ccc(C(=O)OCCOc2ccc(C(=O)O)cc2)cc1. The van der Waals surface area contributed by atoms with Crippen LogP contribution in [0.2, 0.25) is 0 Å². The lowest BCUT2D eigenvalue weighted by atomic mass is 10.1. The molecule has 2 aromatic rings. The Hall–Kier alpha value is -3.35. The van der Waals surface area contributed by atoms with E-state index in [1.54, 1.807) is 0 Å². The van der Waals surface area contributed by atoms with Crippen molar-refractivity contribution in [1.29, 1.82) is 0 Å². The first kappa shape index (κ1) is 18.0. The summed E-state index contributed by atoms with van der Waals surface area (Å²) in [5, 5.41) is 8.80. The van der Waals surface area contributed by atoms with E-state index in [2.05, 4.69) is 4.74 Å². The van der Waals surface area contributed by atoms with Gasteiger partial charge in [0.2, 0.25) is 0 Å². The summed E-state index contributed by atoms with van der Waals surface area (Å²) in [4.78, 5) is 33.9. The third kappa shape index (κ3) is 5.07. The zero-order valence-corrected chi connectivity index (χ0v) is 13.4. The van der Waals surface area contributed by atoms with E-state index in [0.717, 1.165) is 0 Å². The molecule has 0 fully saturated rings. The van der Waals surface area contributed by atoms with Crippen LogP contribution < -0.4 is 4.74 Å². The number of methoxy groups -OCH3 is 1. The minimum absolute atomic E-state index is 0.0261. The average Bonchev–Trinajstić information content (AvgIpc) is 2.65. The molecule has 0 spiro atoms. The highest BCUT2D eigenvalue weighted by molar-refractivity contribution is 5.93. The Morgan fingerprint density at radius 3 is 1.84 bits per heavy atom. The van der Waals surface area contributed by atoms with Gasteiger partial charge in [-0.25, -0.2) is 14.4 Å². The fourth-order valence-electron chi connectivity index (χ4n) is 1.93. The van der Waals surface area contributed by atoms with Crippen LogP contribution in [0.25, 0.3) is 0 Å². The van der Waals surface area contributed by atoms with Gasteiger partial charge in [-0.05, 0) is 48.5 Å². The molecular weight excluding hydrogens is 328 g/mol. The Bertz CT molecular complexity index is 748. The standard InChI is InChI=1S/C18H16O7/c1-23-17(21)13-2-4-14(5-3-13)18(22)25-11-10-24-15-8-6-12(7-9-15)16(19)20/h2-9H,10-11H2,1H3,(H,19,20). The number of ether oxygens (including phenoxy) is 3. The maximum atomic E-state index is 11.9. The van der Waals surface area contributed by atoms with Crippen molar-refractivity contribution in [1.82, 2.24) is 0 Å². The van der Waals surface area contributed by atoms with Crippen LogP contribution in [-0.4, -0.2) is 43.3 Å². The van der Waals surface area contributed by atoms with Gasteiger partial charge in [0.15, 0.2) is 0 Å². The molecule has 0 aliphatic heterocycles. The predicted octanol–water partition coefficient (Wildman–Crippen LogP) is 2.41. The Labute approximate surface area is 143 Å². The van der Waals surface area contributed by atoms with Gasteiger partial charge in [-0.2, -0.15) is 0 Å². The molecule has 2 rings (SSSR count). The molecular formula is C18H16O7. The molecule has 0 aliphatic rings. The number of carboxylic acids is 1. The second-order valence-corrected chi connectivity index (χ2v) is 4.88. The highest BCUT2D eigenvalue weighted by atomic mass is 16.6. The van der Waals surface area contributed by atoms with E-state index < -0.39 is 17.9 Å². The first-order valence-electron chi connectivity index (χ1n) is 7.33. The molecule has 0 bridgehead atoms. The molecule has 0 radical (unpaired) electrons. The number of rotatable bonds is 7. The molecule has 1 N–H and O–H groups in total. The Morgan fingerprint density at radius 1 is 0.800 bits per heavy atom. The lowest BCUT2D eigenvalue weighted by Crippen LogP contribution is -2.12. The molecule has 25 heavy (non-hydrogen) atoms. The van der Waals surface area contributed by atoms with Gasteiger partial charge in [0.25, 0.3) is 0 Å². The molecule has 0 aliphatic carbocycles. The Kier molecular flexibility index (Phi) is 6.11. The lowest BCUT2D eigenvalue weighted by Gasteiger charge is -2.08. The minimum atomic E-state index is -1.02. The van der Waals surface area contributed by atoms with Crippen molar-refractivity contribution in [2.75, 3.05) is 20.3 Å². The lowest BCUT2D eigenvalue weighted by molar-refractivity contribution is 0.0449. The fraction of sp³-hybridized carbons (Fsp3) is 0.167. The van der Waals surface area contributed by atoms with Crippen LogP contribution in [0, 0.1) is 0 Å². The minimum Gasteiger partial charge on any atom is -0.490 e. The van der Waals surface area contributed by atoms with E-state index in [9.17, 15) is 14.4 Å². The monoisotopic (exact) mass is 344 g/mol. The number of carbonyl (C=O) groups excluding carboxylic acids is 2. The van der Waals surface area contributed by atoms with E-state index in [1.165, 1.54) is 55.6 Å². The first-order chi connectivity index (χ1) is 12.0. The third-order valence-corrected chi connectivity index (χ3v) is 3.23. The van der Waals surface area contributed by atoms with Crippen LogP contribution in [0.5, 0.6) is 5.75 Å². The van der Waals surface area contributed by atoms with Crippen LogP contribution in [-0.2, 0) is 9.47 Å². The van der Waals surface area contributed by atoms with Crippen LogP contribution in [0.15, 0.2) is 48.5 Å². The summed E-state index contributed by atoms with van der Waals surface area (Å²) >= 11 is 0. The topological polar surface area (TPSA) is 99.1 Å². The Morgan fingerprint density at radius 2 is 1.32 bits per heavy atom. The quantitative estimate of drug-likeness (QED) is 0.608. The number of hydrogen-bond acceptors (Lipinski definition) is 6. The van der Waals surface area contributed by atoms with Crippen LogP contribution in [0.3, 0.4) is 0 Å². The predicted molar refractivity (Wildman–Crippen MR) is 87.0 cm³/mol. The summed E-state index contributed by atoms with van der Waals surface area (Å²) in [6.07, 6.45) is 0. The summed E-state index contributed by atoms with van der Waals surface area (Å²) in [6, 6.07) is 11.8. The highest BCUT2D eigenvalue weighted by Crippen LogP contribution is 2.12. The molecule has 130 valence electrons. The van der Waals surface area contributed by atoms with Gasteiger partial charge < -0.3 is 19.3 Å². The Balaban J connectivity index is 1.78. The van der Waals surface area contributed by atoms with Gasteiger partial charge in [0.1, 0.15) is 19.0 Å². The molecule has 7 heteroatoms. The number of esters is 2. The van der Waals surface area contributed by atoms with Gasteiger partial charge in [-0.1, -0.05) is 0 Å². The second kappa shape index (κ2) is 8.49. The van der Waals surface area contributed by atoms with Crippen molar-refractivity contribution in [2.24, 2.45) is 0 Å². The molecule has 2 aromatic carbocycles. The molecule has 0 atom stereocenters. The number of carbonyl (C=O) groups is 3. The number of hydrogen-bond donors (Lipinski definition) is 1. The van der Waals surface area contributed by atoms with Crippen molar-refractivity contribution in [3.63, 3.8) is 0 Å². The van der Waals surface area contributed by atoms with Crippen LogP contribution >= 0.6 is 0 Å². The maximum Gasteiger partial charge on any atom is 0.338 e. The van der Waals surface area contributed by atoms with Crippen molar-refractivity contribution in [3.05, 3.63) is 65.2 Å². The van der Waals surface area contributed by atoms with E-state index in [1.807, 2.05) is 0 Å². The number of aromatic carboxylic acids is 1. The van der Waals surface area contributed by atoms with Gasteiger partial charge in [0.05, 0.1) is 23.8 Å². The summed E-state index contributed by atoms with van der Waals surface area (Å²) in [6.45, 7) is 0.149. The van der Waals surface area contributed by atoms with Crippen LogP contribution in [0.1, 0.15) is 31.1 Å². The number of benzene rings is 2. The smallest absolute Gasteiger partial charge is 0.338 e. The van der Waals surface area contributed by atoms with Gasteiger partial charge in [-0.15, -0.1) is 0 Å². The van der Waals surface area contributed by atoms with Crippen molar-refractivity contribution in [2.45, 2.75) is 0 Å². The van der Waals surface area contributed by atoms with Crippen LogP contribution in [0.4, 0.5) is 0 Å². The number of carboxylic acid groups (broad SMARTS) is 1. The van der Waals surface area contributed by atoms with E-state index >= 15 is 0 Å². The average molecular weight is 344 g/mol. The third-order valence-electron chi connectivity index (χ3n) is 3.23. The molecule has 0 amide bonds. The highest BCUT2D eigenvalue weighted by Gasteiger charge is 2.10. The first-order valence-corrected chi connectivity index (χ1v) is 7.33. The molecule has 0 saturated carbocycles. The summed E-state index contributed by atoms with van der Waals surface area (Å²) in [7, 11) is 1.28. The summed E-state index contributed by atoms with van der Waals surface area (Å²) in [5.41, 5.74) is 0.805. The zero-order chi connectivity index (χ0) is 18.2. The molecule has 0 aromatic heterocycles. The van der Waals surface area contributed by atoms with E-state index in [4.69, 9.17) is 14.6 Å². The van der Waals surface area contributed by atoms with Crippen molar-refractivity contribution >= 4 is 17.9 Å². The second-order valence-electron chi connectivity index (χ2n) is 4.88.